The normalized spacial score (nSPS) is 19.8. The Morgan fingerprint density at radius 3 is 2.85 bits per heavy atom. The smallest absolute Gasteiger partial charge is 0.0791 e. The Hall–Kier alpha value is -0.650. The number of ether oxygens (including phenoxy) is 1. The summed E-state index contributed by atoms with van der Waals surface area (Å²) in [5.41, 5.74) is 1.14. The van der Waals surface area contributed by atoms with Gasteiger partial charge in [-0.3, -0.25) is 4.90 Å². The minimum Gasteiger partial charge on any atom is -0.390 e. The summed E-state index contributed by atoms with van der Waals surface area (Å²) < 4.78 is 5.30. The lowest BCUT2D eigenvalue weighted by atomic mass is 10.1. The van der Waals surface area contributed by atoms with Gasteiger partial charge in [-0.15, -0.1) is 0 Å². The van der Waals surface area contributed by atoms with Gasteiger partial charge >= 0.3 is 0 Å². The molecule has 1 heterocycles. The SMILES string of the molecule is CC(NCC(O)CN1CCOCC1)c1cccc(Cl)c1. The molecule has 0 amide bonds. The van der Waals surface area contributed by atoms with Gasteiger partial charge in [-0.1, -0.05) is 23.7 Å². The van der Waals surface area contributed by atoms with E-state index in [0.717, 1.165) is 36.9 Å². The maximum absolute atomic E-state index is 10.1. The summed E-state index contributed by atoms with van der Waals surface area (Å²) in [7, 11) is 0. The van der Waals surface area contributed by atoms with E-state index >= 15 is 0 Å². The van der Waals surface area contributed by atoms with Crippen LogP contribution < -0.4 is 5.32 Å². The third kappa shape index (κ3) is 5.04. The van der Waals surface area contributed by atoms with E-state index in [1.807, 2.05) is 24.3 Å². The highest BCUT2D eigenvalue weighted by Crippen LogP contribution is 2.17. The molecular weight excluding hydrogens is 276 g/mol. The first kappa shape index (κ1) is 15.7. The first-order chi connectivity index (χ1) is 9.65. The fraction of sp³-hybridized carbons (Fsp3) is 0.600. The number of nitrogens with zero attached hydrogens (tertiary/aromatic N) is 1. The van der Waals surface area contributed by atoms with Crippen molar-refractivity contribution in [2.45, 2.75) is 19.1 Å². The highest BCUT2D eigenvalue weighted by molar-refractivity contribution is 6.30. The van der Waals surface area contributed by atoms with Crippen LogP contribution >= 0.6 is 11.6 Å². The summed E-state index contributed by atoms with van der Waals surface area (Å²) in [4.78, 5) is 2.24. The number of halogens is 1. The van der Waals surface area contributed by atoms with E-state index in [9.17, 15) is 5.11 Å². The van der Waals surface area contributed by atoms with Crippen molar-refractivity contribution in [3.8, 4) is 0 Å². The minimum atomic E-state index is -0.366. The number of nitrogens with one attached hydrogen (secondary N) is 1. The molecule has 20 heavy (non-hydrogen) atoms. The molecule has 2 atom stereocenters. The van der Waals surface area contributed by atoms with Crippen molar-refractivity contribution in [2.24, 2.45) is 0 Å². The van der Waals surface area contributed by atoms with Gasteiger partial charge in [0.1, 0.15) is 0 Å². The number of morpholine rings is 1. The lowest BCUT2D eigenvalue weighted by molar-refractivity contribution is 0.0145. The Bertz CT molecular complexity index is 411. The Labute approximate surface area is 125 Å². The standard InChI is InChI=1S/C15H23ClN2O2/c1-12(13-3-2-4-14(16)9-13)17-10-15(19)11-18-5-7-20-8-6-18/h2-4,9,12,15,17,19H,5-8,10-11H2,1H3. The molecule has 1 fully saturated rings. The van der Waals surface area contributed by atoms with Crippen LogP contribution in [0.25, 0.3) is 0 Å². The Morgan fingerprint density at radius 2 is 2.15 bits per heavy atom. The Morgan fingerprint density at radius 1 is 1.40 bits per heavy atom. The lowest BCUT2D eigenvalue weighted by Crippen LogP contribution is -2.44. The molecule has 0 bridgehead atoms. The van der Waals surface area contributed by atoms with Crippen LogP contribution in [0.2, 0.25) is 5.02 Å². The highest BCUT2D eigenvalue weighted by atomic mass is 35.5. The number of hydrogen-bond donors (Lipinski definition) is 2. The average molecular weight is 299 g/mol. The number of benzene rings is 1. The van der Waals surface area contributed by atoms with Crippen molar-refractivity contribution in [1.29, 1.82) is 0 Å². The Kier molecular flexibility index (Phi) is 6.26. The summed E-state index contributed by atoms with van der Waals surface area (Å²) >= 11 is 5.98. The summed E-state index contributed by atoms with van der Waals surface area (Å²) in [6.45, 7) is 6.68. The van der Waals surface area contributed by atoms with Crippen LogP contribution in [0, 0.1) is 0 Å². The predicted molar refractivity (Wildman–Crippen MR) is 81.1 cm³/mol. The van der Waals surface area contributed by atoms with Gasteiger partial charge in [-0.25, -0.2) is 0 Å². The van der Waals surface area contributed by atoms with Crippen LogP contribution in [0.5, 0.6) is 0 Å². The maximum Gasteiger partial charge on any atom is 0.0791 e. The molecule has 2 rings (SSSR count). The first-order valence-electron chi connectivity index (χ1n) is 7.12. The third-order valence-corrected chi connectivity index (χ3v) is 3.82. The van der Waals surface area contributed by atoms with E-state index in [4.69, 9.17) is 16.3 Å². The number of aliphatic hydroxyl groups is 1. The van der Waals surface area contributed by atoms with E-state index in [-0.39, 0.29) is 12.1 Å². The molecule has 1 aliphatic rings. The van der Waals surface area contributed by atoms with Crippen LogP contribution in [0.15, 0.2) is 24.3 Å². The lowest BCUT2D eigenvalue weighted by Gasteiger charge is -2.29. The summed E-state index contributed by atoms with van der Waals surface area (Å²) in [5.74, 6) is 0. The number of β-amino-alcohol motifs (C(OH)–C–C–N with tert-alkyl or cyclic N) is 1. The van der Waals surface area contributed by atoms with Gasteiger partial charge in [0, 0.05) is 37.2 Å². The summed E-state index contributed by atoms with van der Waals surface area (Å²) in [6.07, 6.45) is -0.366. The molecule has 112 valence electrons. The van der Waals surface area contributed by atoms with E-state index in [2.05, 4.69) is 17.1 Å². The van der Waals surface area contributed by atoms with Gasteiger partial charge in [0.2, 0.25) is 0 Å². The largest absolute Gasteiger partial charge is 0.390 e. The first-order valence-corrected chi connectivity index (χ1v) is 7.50. The molecule has 1 aromatic rings. The second-order valence-corrected chi connectivity index (χ2v) is 5.69. The van der Waals surface area contributed by atoms with Crippen molar-refractivity contribution in [1.82, 2.24) is 10.2 Å². The zero-order valence-electron chi connectivity index (χ0n) is 11.9. The van der Waals surface area contributed by atoms with Gasteiger partial charge in [-0.05, 0) is 24.6 Å². The zero-order chi connectivity index (χ0) is 14.4. The summed E-state index contributed by atoms with van der Waals surface area (Å²) in [6, 6.07) is 7.98. The van der Waals surface area contributed by atoms with Crippen LogP contribution in [-0.4, -0.2) is 55.5 Å². The minimum absolute atomic E-state index is 0.174. The van der Waals surface area contributed by atoms with Crippen LogP contribution in [-0.2, 0) is 4.74 Å². The molecule has 5 heteroatoms. The van der Waals surface area contributed by atoms with Crippen molar-refractivity contribution in [3.63, 3.8) is 0 Å². The van der Waals surface area contributed by atoms with Crippen molar-refractivity contribution in [2.75, 3.05) is 39.4 Å². The van der Waals surface area contributed by atoms with Gasteiger partial charge in [0.05, 0.1) is 19.3 Å². The van der Waals surface area contributed by atoms with E-state index in [1.165, 1.54) is 0 Å². The molecular formula is C15H23ClN2O2. The van der Waals surface area contributed by atoms with Crippen LogP contribution in [0.1, 0.15) is 18.5 Å². The fourth-order valence-electron chi connectivity index (χ4n) is 2.35. The molecule has 2 unspecified atom stereocenters. The van der Waals surface area contributed by atoms with Gasteiger partial charge in [-0.2, -0.15) is 0 Å². The van der Waals surface area contributed by atoms with E-state index in [1.54, 1.807) is 0 Å². The number of hydrogen-bond acceptors (Lipinski definition) is 4. The molecule has 1 aliphatic heterocycles. The molecule has 0 spiro atoms. The number of rotatable bonds is 6. The van der Waals surface area contributed by atoms with E-state index in [0.29, 0.717) is 13.1 Å². The van der Waals surface area contributed by atoms with Gasteiger partial charge in [0.15, 0.2) is 0 Å². The highest BCUT2D eigenvalue weighted by Gasteiger charge is 2.15. The third-order valence-electron chi connectivity index (χ3n) is 3.58. The molecule has 2 N–H and O–H groups in total. The van der Waals surface area contributed by atoms with Crippen molar-refractivity contribution in [3.05, 3.63) is 34.9 Å². The predicted octanol–water partition coefficient (Wildman–Crippen LogP) is 1.68. The zero-order valence-corrected chi connectivity index (χ0v) is 12.6. The maximum atomic E-state index is 10.1. The van der Waals surface area contributed by atoms with Gasteiger partial charge < -0.3 is 15.2 Å². The van der Waals surface area contributed by atoms with Crippen molar-refractivity contribution >= 4 is 11.6 Å². The summed E-state index contributed by atoms with van der Waals surface area (Å²) in [5, 5.41) is 14.2. The Balaban J connectivity index is 1.73. The topological polar surface area (TPSA) is 44.7 Å². The number of aliphatic hydroxyl groups excluding tert-OH is 1. The molecule has 1 saturated heterocycles. The fourth-order valence-corrected chi connectivity index (χ4v) is 2.55. The molecule has 4 nitrogen and oxygen atoms in total. The van der Waals surface area contributed by atoms with Crippen LogP contribution in [0.3, 0.4) is 0 Å². The van der Waals surface area contributed by atoms with Crippen molar-refractivity contribution < 1.29 is 9.84 Å². The second kappa shape index (κ2) is 7.96. The molecule has 0 aromatic heterocycles. The second-order valence-electron chi connectivity index (χ2n) is 5.25. The van der Waals surface area contributed by atoms with Crippen LogP contribution in [0.4, 0.5) is 0 Å². The van der Waals surface area contributed by atoms with Gasteiger partial charge in [0.25, 0.3) is 0 Å². The quantitative estimate of drug-likeness (QED) is 0.839. The molecule has 1 aromatic carbocycles. The average Bonchev–Trinajstić information content (AvgIpc) is 2.46. The molecule has 0 aliphatic carbocycles. The molecule has 0 radical (unpaired) electrons. The van der Waals surface area contributed by atoms with E-state index < -0.39 is 0 Å². The molecule has 0 saturated carbocycles. The monoisotopic (exact) mass is 298 g/mol.